The first-order valence-electron chi connectivity index (χ1n) is 6.34. The Labute approximate surface area is 115 Å². The van der Waals surface area contributed by atoms with E-state index in [0.717, 1.165) is 0 Å². The molecule has 1 aliphatic carbocycles. The van der Waals surface area contributed by atoms with Gasteiger partial charge in [-0.25, -0.2) is 9.18 Å². The van der Waals surface area contributed by atoms with E-state index in [0.29, 0.717) is 24.8 Å². The van der Waals surface area contributed by atoms with Gasteiger partial charge in [0.15, 0.2) is 11.6 Å². The minimum Gasteiger partial charge on any atom is -0.494 e. The third kappa shape index (κ3) is 3.07. The molecule has 1 saturated carbocycles. The van der Waals surface area contributed by atoms with Crippen molar-refractivity contribution in [2.24, 2.45) is 0 Å². The molecule has 0 spiro atoms. The smallest absolute Gasteiger partial charge is 0.329 e. The molecule has 1 amide bonds. The number of halogens is 1. The highest BCUT2D eigenvalue weighted by Gasteiger charge is 2.51. The summed E-state index contributed by atoms with van der Waals surface area (Å²) < 4.78 is 18.3. The molecule has 0 saturated heterocycles. The van der Waals surface area contributed by atoms with Gasteiger partial charge in [0.25, 0.3) is 0 Å². The normalized spacial score (nSPS) is 15.5. The average Bonchev–Trinajstić information content (AvgIpc) is 3.17. The van der Waals surface area contributed by atoms with Crippen molar-refractivity contribution >= 4 is 11.9 Å². The predicted octanol–water partition coefficient (Wildman–Crippen LogP) is 1.50. The first-order chi connectivity index (χ1) is 9.47. The summed E-state index contributed by atoms with van der Waals surface area (Å²) in [6.45, 7) is 0. The number of aliphatic carboxylic acids is 1. The standard InChI is InChI=1S/C14H16FNO4/c1-20-11-4-2-9(8-10(11)15)3-5-12(17)16-14(6-7-14)13(18)19/h2,4,8H,3,5-7H2,1H3,(H,16,17)(H,18,19). The molecule has 0 unspecified atom stereocenters. The Morgan fingerprint density at radius 2 is 2.15 bits per heavy atom. The van der Waals surface area contributed by atoms with Crippen LogP contribution in [0.15, 0.2) is 18.2 Å². The van der Waals surface area contributed by atoms with Crippen molar-refractivity contribution in [2.45, 2.75) is 31.2 Å². The number of aryl methyl sites for hydroxylation is 1. The lowest BCUT2D eigenvalue weighted by Crippen LogP contribution is -2.43. The van der Waals surface area contributed by atoms with Crippen LogP contribution in [0.5, 0.6) is 5.75 Å². The first-order valence-corrected chi connectivity index (χ1v) is 6.34. The third-order valence-corrected chi connectivity index (χ3v) is 3.40. The van der Waals surface area contributed by atoms with E-state index in [-0.39, 0.29) is 18.1 Å². The zero-order valence-electron chi connectivity index (χ0n) is 11.1. The average molecular weight is 281 g/mol. The highest BCUT2D eigenvalue weighted by molar-refractivity contribution is 5.89. The maximum atomic E-state index is 13.5. The molecule has 0 aliphatic heterocycles. The number of rotatable bonds is 6. The number of methoxy groups -OCH3 is 1. The Kier molecular flexibility index (Phi) is 3.92. The molecule has 2 N–H and O–H groups in total. The second-order valence-electron chi connectivity index (χ2n) is 4.90. The maximum Gasteiger partial charge on any atom is 0.329 e. The summed E-state index contributed by atoms with van der Waals surface area (Å²) >= 11 is 0. The Morgan fingerprint density at radius 3 is 2.65 bits per heavy atom. The Morgan fingerprint density at radius 1 is 1.45 bits per heavy atom. The molecule has 1 aliphatic rings. The monoisotopic (exact) mass is 281 g/mol. The van der Waals surface area contributed by atoms with Gasteiger partial charge in [-0.2, -0.15) is 0 Å². The molecule has 2 rings (SSSR count). The fraction of sp³-hybridized carbons (Fsp3) is 0.429. The zero-order valence-corrected chi connectivity index (χ0v) is 11.1. The second kappa shape index (κ2) is 5.48. The van der Waals surface area contributed by atoms with Gasteiger partial charge in [-0.05, 0) is 37.0 Å². The summed E-state index contributed by atoms with van der Waals surface area (Å²) in [5.74, 6) is -1.65. The molecule has 20 heavy (non-hydrogen) atoms. The van der Waals surface area contributed by atoms with Crippen molar-refractivity contribution in [3.8, 4) is 5.75 Å². The van der Waals surface area contributed by atoms with Gasteiger partial charge in [-0.1, -0.05) is 6.07 Å². The van der Waals surface area contributed by atoms with Crippen molar-refractivity contribution in [1.29, 1.82) is 0 Å². The molecule has 1 aromatic carbocycles. The Bertz CT molecular complexity index is 540. The quantitative estimate of drug-likeness (QED) is 0.828. The number of hydrogen-bond donors (Lipinski definition) is 2. The van der Waals surface area contributed by atoms with Gasteiger partial charge in [0, 0.05) is 6.42 Å². The van der Waals surface area contributed by atoms with Crippen molar-refractivity contribution in [3.63, 3.8) is 0 Å². The maximum absolute atomic E-state index is 13.5. The van der Waals surface area contributed by atoms with Gasteiger partial charge in [-0.15, -0.1) is 0 Å². The topological polar surface area (TPSA) is 75.6 Å². The van der Waals surface area contributed by atoms with Crippen LogP contribution in [0.25, 0.3) is 0 Å². The van der Waals surface area contributed by atoms with E-state index in [1.54, 1.807) is 6.07 Å². The van der Waals surface area contributed by atoms with Crippen molar-refractivity contribution in [1.82, 2.24) is 5.32 Å². The largest absolute Gasteiger partial charge is 0.494 e. The van der Waals surface area contributed by atoms with Crippen LogP contribution in [0.4, 0.5) is 4.39 Å². The van der Waals surface area contributed by atoms with Crippen LogP contribution in [-0.4, -0.2) is 29.6 Å². The van der Waals surface area contributed by atoms with Crippen LogP contribution in [0.1, 0.15) is 24.8 Å². The molecule has 1 aromatic rings. The van der Waals surface area contributed by atoms with E-state index in [4.69, 9.17) is 9.84 Å². The van der Waals surface area contributed by atoms with Gasteiger partial charge in [0.05, 0.1) is 7.11 Å². The molecule has 108 valence electrons. The number of nitrogens with one attached hydrogen (secondary N) is 1. The summed E-state index contributed by atoms with van der Waals surface area (Å²) in [7, 11) is 1.38. The van der Waals surface area contributed by atoms with Crippen LogP contribution in [0.2, 0.25) is 0 Å². The highest BCUT2D eigenvalue weighted by atomic mass is 19.1. The van der Waals surface area contributed by atoms with Crippen LogP contribution in [0.3, 0.4) is 0 Å². The lowest BCUT2D eigenvalue weighted by molar-refractivity contribution is -0.143. The number of benzene rings is 1. The van der Waals surface area contributed by atoms with Gasteiger partial charge < -0.3 is 15.2 Å². The second-order valence-corrected chi connectivity index (χ2v) is 4.90. The molecule has 5 nitrogen and oxygen atoms in total. The van der Waals surface area contributed by atoms with Gasteiger partial charge in [-0.3, -0.25) is 4.79 Å². The lowest BCUT2D eigenvalue weighted by atomic mass is 10.1. The van der Waals surface area contributed by atoms with Crippen LogP contribution in [-0.2, 0) is 16.0 Å². The van der Waals surface area contributed by atoms with Crippen LogP contribution in [0, 0.1) is 5.82 Å². The molecule has 6 heteroatoms. The molecule has 1 fully saturated rings. The summed E-state index contributed by atoms with van der Waals surface area (Å²) in [5.41, 5.74) is -0.402. The number of carboxylic acid groups (broad SMARTS) is 1. The van der Waals surface area contributed by atoms with Crippen molar-refractivity contribution in [2.75, 3.05) is 7.11 Å². The minimum atomic E-state index is -1.07. The Hall–Kier alpha value is -2.11. The lowest BCUT2D eigenvalue weighted by Gasteiger charge is -2.12. The van der Waals surface area contributed by atoms with E-state index < -0.39 is 17.3 Å². The van der Waals surface area contributed by atoms with Gasteiger partial charge in [0.1, 0.15) is 5.54 Å². The number of amides is 1. The van der Waals surface area contributed by atoms with E-state index in [1.165, 1.54) is 19.2 Å². The number of carbonyl (C=O) groups is 2. The number of carboxylic acids is 1. The molecule has 0 bridgehead atoms. The van der Waals surface area contributed by atoms with Crippen LogP contribution < -0.4 is 10.1 Å². The summed E-state index contributed by atoms with van der Waals surface area (Å²) in [4.78, 5) is 22.6. The van der Waals surface area contributed by atoms with E-state index >= 15 is 0 Å². The minimum absolute atomic E-state index is 0.126. The van der Waals surface area contributed by atoms with E-state index in [9.17, 15) is 14.0 Å². The fourth-order valence-electron chi connectivity index (χ4n) is 1.97. The summed E-state index contributed by atoms with van der Waals surface area (Å²) in [6, 6.07) is 4.50. The van der Waals surface area contributed by atoms with Gasteiger partial charge in [0.2, 0.25) is 5.91 Å². The molecule has 0 heterocycles. The van der Waals surface area contributed by atoms with Crippen molar-refractivity contribution < 1.29 is 23.8 Å². The fourth-order valence-corrected chi connectivity index (χ4v) is 1.97. The van der Waals surface area contributed by atoms with Crippen molar-refractivity contribution in [3.05, 3.63) is 29.6 Å². The van der Waals surface area contributed by atoms with Crippen LogP contribution >= 0.6 is 0 Å². The Balaban J connectivity index is 1.87. The third-order valence-electron chi connectivity index (χ3n) is 3.40. The SMILES string of the molecule is COc1ccc(CCC(=O)NC2(C(=O)O)CC2)cc1F. The molecular weight excluding hydrogens is 265 g/mol. The molecular formula is C14H16FNO4. The molecule has 0 radical (unpaired) electrons. The number of carbonyl (C=O) groups excluding carboxylic acids is 1. The molecule has 0 aromatic heterocycles. The first kappa shape index (κ1) is 14.3. The van der Waals surface area contributed by atoms with E-state index in [2.05, 4.69) is 5.32 Å². The highest BCUT2D eigenvalue weighted by Crippen LogP contribution is 2.35. The van der Waals surface area contributed by atoms with E-state index in [1.807, 2.05) is 0 Å². The summed E-state index contributed by atoms with van der Waals surface area (Å²) in [5, 5.41) is 11.5. The zero-order chi connectivity index (χ0) is 14.8. The summed E-state index contributed by atoms with van der Waals surface area (Å²) in [6.07, 6.45) is 1.40. The number of ether oxygens (including phenoxy) is 1. The predicted molar refractivity (Wildman–Crippen MR) is 69.0 cm³/mol. The number of hydrogen-bond acceptors (Lipinski definition) is 3. The van der Waals surface area contributed by atoms with Gasteiger partial charge >= 0.3 is 5.97 Å². The molecule has 0 atom stereocenters.